The first-order valence-corrected chi connectivity index (χ1v) is 7.76. The van der Waals surface area contributed by atoms with Crippen molar-refractivity contribution in [3.8, 4) is 0 Å². The first kappa shape index (κ1) is 16.2. The maximum atomic E-state index is 13.5. The van der Waals surface area contributed by atoms with Crippen LogP contribution in [-0.4, -0.2) is 15.3 Å². The summed E-state index contributed by atoms with van der Waals surface area (Å²) in [5, 5.41) is 3.04. The molecule has 0 fully saturated rings. The molecular weight excluding hydrogens is 329 g/mol. The molecule has 24 heavy (non-hydrogen) atoms. The SMILES string of the molecule is Cc1ccc(CNC(=O)/C=C/c2c(Cl)nc3ccccn23)cc1F. The Hall–Kier alpha value is -2.66. The molecule has 1 aromatic carbocycles. The molecule has 4 nitrogen and oxygen atoms in total. The van der Waals surface area contributed by atoms with Crippen LogP contribution in [0.5, 0.6) is 0 Å². The number of fused-ring (bicyclic) bond motifs is 1. The lowest BCUT2D eigenvalue weighted by Crippen LogP contribution is -2.20. The molecule has 0 aliphatic heterocycles. The van der Waals surface area contributed by atoms with Gasteiger partial charge in [0.25, 0.3) is 0 Å². The molecule has 0 radical (unpaired) electrons. The maximum absolute atomic E-state index is 13.5. The lowest BCUT2D eigenvalue weighted by atomic mass is 10.1. The topological polar surface area (TPSA) is 46.4 Å². The highest BCUT2D eigenvalue weighted by Crippen LogP contribution is 2.18. The third kappa shape index (κ3) is 3.46. The van der Waals surface area contributed by atoms with Gasteiger partial charge in [-0.05, 0) is 42.3 Å². The summed E-state index contributed by atoms with van der Waals surface area (Å²) in [4.78, 5) is 16.2. The number of hydrogen-bond acceptors (Lipinski definition) is 2. The smallest absolute Gasteiger partial charge is 0.244 e. The Kier molecular flexibility index (Phi) is 4.62. The number of carbonyl (C=O) groups is 1. The Morgan fingerprint density at radius 2 is 2.21 bits per heavy atom. The van der Waals surface area contributed by atoms with Crippen LogP contribution in [-0.2, 0) is 11.3 Å². The summed E-state index contributed by atoms with van der Waals surface area (Å²) in [6.07, 6.45) is 4.81. The molecular formula is C18H15ClFN3O. The number of rotatable bonds is 4. The van der Waals surface area contributed by atoms with E-state index >= 15 is 0 Å². The van der Waals surface area contributed by atoms with Crippen molar-refractivity contribution in [1.82, 2.24) is 14.7 Å². The number of benzene rings is 1. The van der Waals surface area contributed by atoms with Crippen LogP contribution in [0.2, 0.25) is 5.15 Å². The van der Waals surface area contributed by atoms with Crippen molar-refractivity contribution in [3.63, 3.8) is 0 Å². The average molecular weight is 344 g/mol. The van der Waals surface area contributed by atoms with Crippen LogP contribution in [0.15, 0.2) is 48.7 Å². The van der Waals surface area contributed by atoms with Crippen LogP contribution in [0.1, 0.15) is 16.8 Å². The number of hydrogen-bond donors (Lipinski definition) is 1. The first-order chi connectivity index (χ1) is 11.5. The second kappa shape index (κ2) is 6.84. The van der Waals surface area contributed by atoms with Crippen molar-refractivity contribution in [2.45, 2.75) is 13.5 Å². The molecule has 6 heteroatoms. The lowest BCUT2D eigenvalue weighted by molar-refractivity contribution is -0.116. The minimum atomic E-state index is -0.294. The summed E-state index contributed by atoms with van der Waals surface area (Å²) in [6.45, 7) is 1.95. The van der Waals surface area contributed by atoms with Crippen molar-refractivity contribution >= 4 is 29.2 Å². The summed E-state index contributed by atoms with van der Waals surface area (Å²) in [5.74, 6) is -0.576. The highest BCUT2D eigenvalue weighted by atomic mass is 35.5. The van der Waals surface area contributed by atoms with Crippen molar-refractivity contribution in [2.24, 2.45) is 0 Å². The van der Waals surface area contributed by atoms with E-state index in [0.29, 0.717) is 27.6 Å². The molecule has 0 aliphatic carbocycles. The van der Waals surface area contributed by atoms with E-state index in [1.54, 1.807) is 29.5 Å². The van der Waals surface area contributed by atoms with Gasteiger partial charge in [0.15, 0.2) is 5.15 Å². The van der Waals surface area contributed by atoms with Crippen molar-refractivity contribution in [1.29, 1.82) is 0 Å². The van der Waals surface area contributed by atoms with E-state index in [2.05, 4.69) is 10.3 Å². The molecule has 2 heterocycles. The van der Waals surface area contributed by atoms with E-state index in [-0.39, 0.29) is 18.3 Å². The number of aromatic nitrogens is 2. The van der Waals surface area contributed by atoms with E-state index < -0.39 is 0 Å². The predicted octanol–water partition coefficient (Wildman–Crippen LogP) is 3.76. The Morgan fingerprint density at radius 3 is 3.00 bits per heavy atom. The first-order valence-electron chi connectivity index (χ1n) is 7.38. The maximum Gasteiger partial charge on any atom is 0.244 e. The van der Waals surface area contributed by atoms with Crippen LogP contribution < -0.4 is 5.32 Å². The van der Waals surface area contributed by atoms with Gasteiger partial charge >= 0.3 is 0 Å². The number of imidazole rings is 1. The molecule has 2 aromatic heterocycles. The molecule has 3 rings (SSSR count). The number of nitrogens with zero attached hydrogens (tertiary/aromatic N) is 2. The van der Waals surface area contributed by atoms with E-state index in [4.69, 9.17) is 11.6 Å². The summed E-state index contributed by atoms with van der Waals surface area (Å²) >= 11 is 6.10. The van der Waals surface area contributed by atoms with Gasteiger partial charge in [0.1, 0.15) is 11.5 Å². The highest BCUT2D eigenvalue weighted by Gasteiger charge is 2.07. The third-order valence-electron chi connectivity index (χ3n) is 3.62. The second-order valence-electron chi connectivity index (χ2n) is 5.35. The van der Waals surface area contributed by atoms with E-state index in [1.807, 2.05) is 24.4 Å². The fourth-order valence-corrected chi connectivity index (χ4v) is 2.52. The van der Waals surface area contributed by atoms with Gasteiger partial charge in [-0.2, -0.15) is 0 Å². The van der Waals surface area contributed by atoms with Crippen LogP contribution in [0, 0.1) is 12.7 Å². The van der Waals surface area contributed by atoms with Gasteiger partial charge in [-0.1, -0.05) is 29.8 Å². The molecule has 0 saturated heterocycles. The summed E-state index contributed by atoms with van der Waals surface area (Å²) in [6, 6.07) is 10.4. The molecule has 122 valence electrons. The van der Waals surface area contributed by atoms with E-state index in [1.165, 1.54) is 12.1 Å². The number of halogens is 2. The zero-order chi connectivity index (χ0) is 17.1. The zero-order valence-electron chi connectivity index (χ0n) is 13.0. The lowest BCUT2D eigenvalue weighted by Gasteiger charge is -2.04. The standard InChI is InChI=1S/C18H15ClFN3O/c1-12-5-6-13(10-14(12)20)11-21-17(24)8-7-15-18(19)22-16-4-2-3-9-23(15)16/h2-10H,11H2,1H3,(H,21,24)/b8-7+. The van der Waals surface area contributed by atoms with Gasteiger partial charge in [0.05, 0.1) is 5.69 Å². The Balaban J connectivity index is 1.68. The minimum Gasteiger partial charge on any atom is -0.348 e. The van der Waals surface area contributed by atoms with Crippen LogP contribution in [0.4, 0.5) is 4.39 Å². The predicted molar refractivity (Wildman–Crippen MR) is 92.2 cm³/mol. The molecule has 0 unspecified atom stereocenters. The molecule has 0 bridgehead atoms. The number of amides is 1. The van der Waals surface area contributed by atoms with Crippen LogP contribution in [0.25, 0.3) is 11.7 Å². The van der Waals surface area contributed by atoms with Gasteiger partial charge in [-0.3, -0.25) is 9.20 Å². The Morgan fingerprint density at radius 1 is 1.38 bits per heavy atom. The summed E-state index contributed by atoms with van der Waals surface area (Å²) in [5.41, 5.74) is 2.61. The van der Waals surface area contributed by atoms with E-state index in [9.17, 15) is 9.18 Å². The molecule has 0 spiro atoms. The third-order valence-corrected chi connectivity index (χ3v) is 3.90. The van der Waals surface area contributed by atoms with Crippen molar-refractivity contribution in [3.05, 3.63) is 76.5 Å². The van der Waals surface area contributed by atoms with Crippen LogP contribution in [0.3, 0.4) is 0 Å². The Bertz CT molecular complexity index is 933. The molecule has 1 N–H and O–H groups in total. The van der Waals surface area contributed by atoms with Gasteiger partial charge in [0, 0.05) is 18.8 Å². The molecule has 3 aromatic rings. The summed E-state index contributed by atoms with van der Waals surface area (Å²) in [7, 11) is 0. The fraction of sp³-hybridized carbons (Fsp3) is 0.111. The largest absolute Gasteiger partial charge is 0.348 e. The molecule has 1 amide bonds. The van der Waals surface area contributed by atoms with Crippen molar-refractivity contribution < 1.29 is 9.18 Å². The monoisotopic (exact) mass is 343 g/mol. The normalized spacial score (nSPS) is 11.3. The summed E-state index contributed by atoms with van der Waals surface area (Å²) < 4.78 is 15.3. The average Bonchev–Trinajstić information content (AvgIpc) is 2.89. The molecule has 0 saturated carbocycles. The number of pyridine rings is 1. The quantitative estimate of drug-likeness (QED) is 0.733. The zero-order valence-corrected chi connectivity index (χ0v) is 13.7. The highest BCUT2D eigenvalue weighted by molar-refractivity contribution is 6.31. The van der Waals surface area contributed by atoms with Gasteiger partial charge < -0.3 is 5.32 Å². The number of nitrogens with one attached hydrogen (secondary N) is 1. The fourth-order valence-electron chi connectivity index (χ4n) is 2.28. The second-order valence-corrected chi connectivity index (χ2v) is 5.71. The van der Waals surface area contributed by atoms with Crippen LogP contribution >= 0.6 is 11.6 Å². The number of carbonyl (C=O) groups excluding carboxylic acids is 1. The van der Waals surface area contributed by atoms with Gasteiger partial charge in [-0.25, -0.2) is 9.37 Å². The van der Waals surface area contributed by atoms with Crippen molar-refractivity contribution in [2.75, 3.05) is 0 Å². The minimum absolute atomic E-state index is 0.251. The Labute approximate surface area is 143 Å². The van der Waals surface area contributed by atoms with Gasteiger partial charge in [0.2, 0.25) is 5.91 Å². The van der Waals surface area contributed by atoms with E-state index in [0.717, 1.165) is 0 Å². The van der Waals surface area contributed by atoms with Gasteiger partial charge in [-0.15, -0.1) is 0 Å². The molecule has 0 aliphatic rings. The number of aryl methyl sites for hydroxylation is 1. The molecule has 0 atom stereocenters.